The fourth-order valence-electron chi connectivity index (χ4n) is 1.39. The molecule has 0 saturated heterocycles. The van der Waals surface area contributed by atoms with E-state index in [1.165, 1.54) is 6.07 Å². The number of carbonyl (C=O) groups excluding carboxylic acids is 1. The summed E-state index contributed by atoms with van der Waals surface area (Å²) in [4.78, 5) is 21.5. The van der Waals surface area contributed by atoms with Crippen molar-refractivity contribution in [3.8, 4) is 11.8 Å². The quantitative estimate of drug-likeness (QED) is 0.320. The Morgan fingerprint density at radius 2 is 2.25 bits per heavy atom. The van der Waals surface area contributed by atoms with Gasteiger partial charge in [-0.3, -0.25) is 14.9 Å². The van der Waals surface area contributed by atoms with E-state index in [1.54, 1.807) is 6.92 Å². The van der Waals surface area contributed by atoms with Crippen molar-refractivity contribution >= 4 is 34.2 Å². The topological polar surface area (TPSA) is 102 Å². The number of hydrogen-bond acceptors (Lipinski definition) is 6. The van der Waals surface area contributed by atoms with E-state index < -0.39 is 10.9 Å². The number of esters is 1. The molecule has 0 aliphatic heterocycles. The average molecular weight is 390 g/mol. The predicted octanol–water partition coefficient (Wildman–Crippen LogP) is 2.40. The summed E-state index contributed by atoms with van der Waals surface area (Å²) in [6, 6.07) is 4.46. The van der Waals surface area contributed by atoms with Gasteiger partial charge in [0.1, 0.15) is 0 Å². The summed E-state index contributed by atoms with van der Waals surface area (Å²) < 4.78 is 10.5. The highest BCUT2D eigenvalue weighted by Crippen LogP contribution is 2.33. The summed E-state index contributed by atoms with van der Waals surface area (Å²) in [5.41, 5.74) is -0.115. The number of nitro benzene ring substituents is 1. The van der Waals surface area contributed by atoms with Gasteiger partial charge in [0.25, 0.3) is 0 Å². The number of nitrogens with zero attached hydrogens (tertiary/aromatic N) is 2. The lowest BCUT2D eigenvalue weighted by atomic mass is 10.2. The van der Waals surface area contributed by atoms with Crippen molar-refractivity contribution in [2.24, 2.45) is 0 Å². The lowest BCUT2D eigenvalue weighted by molar-refractivity contribution is -0.386. The number of nitriles is 1. The molecule has 0 atom stereocenters. The molecular formula is C12H11IN2O5. The van der Waals surface area contributed by atoms with Crippen LogP contribution >= 0.6 is 22.6 Å². The number of hydrogen-bond donors (Lipinski definition) is 0. The Morgan fingerprint density at radius 3 is 2.80 bits per heavy atom. The van der Waals surface area contributed by atoms with Crippen molar-refractivity contribution in [1.29, 1.82) is 5.26 Å². The number of nitro groups is 1. The van der Waals surface area contributed by atoms with Crippen LogP contribution in [-0.2, 0) is 9.53 Å². The number of halogens is 1. The van der Waals surface area contributed by atoms with E-state index in [1.807, 2.05) is 28.7 Å². The summed E-state index contributed by atoms with van der Waals surface area (Å²) in [7, 11) is 0. The zero-order valence-electron chi connectivity index (χ0n) is 10.6. The maximum absolute atomic E-state index is 11.2. The van der Waals surface area contributed by atoms with Gasteiger partial charge in [0.15, 0.2) is 0 Å². The van der Waals surface area contributed by atoms with Gasteiger partial charge in [0.05, 0.1) is 39.8 Å². The SMILES string of the molecule is CCOC(=O)CCOc1c(I)cc(C#N)cc1[N+](=O)[O-]. The molecule has 0 aliphatic carbocycles. The van der Waals surface area contributed by atoms with E-state index >= 15 is 0 Å². The Bertz CT molecular complexity index is 568. The van der Waals surface area contributed by atoms with Crippen LogP contribution in [0, 0.1) is 25.0 Å². The van der Waals surface area contributed by atoms with Gasteiger partial charge in [-0.25, -0.2) is 0 Å². The van der Waals surface area contributed by atoms with Crippen LogP contribution in [-0.4, -0.2) is 24.1 Å². The van der Waals surface area contributed by atoms with Crippen LogP contribution in [0.4, 0.5) is 5.69 Å². The van der Waals surface area contributed by atoms with Gasteiger partial charge in [-0.05, 0) is 35.6 Å². The summed E-state index contributed by atoms with van der Waals surface area (Å²) in [6.07, 6.45) is 0.00107. The maximum atomic E-state index is 11.2. The number of benzene rings is 1. The van der Waals surface area contributed by atoms with E-state index in [2.05, 4.69) is 0 Å². The molecule has 1 aromatic rings. The standard InChI is InChI=1S/C12H11IN2O5/c1-2-19-11(16)3-4-20-12-9(13)5-8(7-14)6-10(12)15(17)18/h5-6H,2-4H2,1H3. The lowest BCUT2D eigenvalue weighted by Crippen LogP contribution is -2.10. The van der Waals surface area contributed by atoms with Crippen LogP contribution < -0.4 is 4.74 Å². The Morgan fingerprint density at radius 1 is 1.55 bits per heavy atom. The van der Waals surface area contributed by atoms with Gasteiger partial charge in [-0.1, -0.05) is 0 Å². The molecule has 0 saturated carbocycles. The Labute approximate surface area is 128 Å². The lowest BCUT2D eigenvalue weighted by Gasteiger charge is -2.08. The largest absolute Gasteiger partial charge is 0.485 e. The molecule has 1 aromatic carbocycles. The third-order valence-electron chi connectivity index (χ3n) is 2.21. The van der Waals surface area contributed by atoms with Crippen molar-refractivity contribution in [3.05, 3.63) is 31.4 Å². The molecule has 0 unspecified atom stereocenters. The fourth-order valence-corrected chi connectivity index (χ4v) is 2.16. The van der Waals surface area contributed by atoms with E-state index in [0.29, 0.717) is 3.57 Å². The summed E-state index contributed by atoms with van der Waals surface area (Å²) >= 11 is 1.85. The van der Waals surface area contributed by atoms with Gasteiger partial charge in [-0.2, -0.15) is 5.26 Å². The van der Waals surface area contributed by atoms with Crippen LogP contribution in [0.15, 0.2) is 12.1 Å². The van der Waals surface area contributed by atoms with Crippen molar-refractivity contribution in [2.45, 2.75) is 13.3 Å². The first-order valence-electron chi connectivity index (χ1n) is 5.66. The molecule has 0 aromatic heterocycles. The second kappa shape index (κ2) is 7.64. The monoisotopic (exact) mass is 390 g/mol. The number of rotatable bonds is 6. The molecule has 0 N–H and O–H groups in total. The predicted molar refractivity (Wildman–Crippen MR) is 77.3 cm³/mol. The zero-order chi connectivity index (χ0) is 15.1. The van der Waals surface area contributed by atoms with Crippen molar-refractivity contribution in [2.75, 3.05) is 13.2 Å². The van der Waals surface area contributed by atoms with Crippen LogP contribution in [0.5, 0.6) is 5.75 Å². The van der Waals surface area contributed by atoms with E-state index in [-0.39, 0.29) is 36.6 Å². The molecule has 0 spiro atoms. The van der Waals surface area contributed by atoms with Crippen LogP contribution in [0.1, 0.15) is 18.9 Å². The van der Waals surface area contributed by atoms with Gasteiger partial charge in [-0.15, -0.1) is 0 Å². The van der Waals surface area contributed by atoms with Crippen LogP contribution in [0.3, 0.4) is 0 Å². The first kappa shape index (κ1) is 16.2. The van der Waals surface area contributed by atoms with Crippen molar-refractivity contribution in [1.82, 2.24) is 0 Å². The smallest absolute Gasteiger partial charge is 0.313 e. The minimum Gasteiger partial charge on any atom is -0.485 e. The Hall–Kier alpha value is -1.89. The van der Waals surface area contributed by atoms with Crippen molar-refractivity contribution in [3.63, 3.8) is 0 Å². The molecule has 0 heterocycles. The molecule has 106 valence electrons. The van der Waals surface area contributed by atoms with Gasteiger partial charge >= 0.3 is 11.7 Å². The molecule has 0 aliphatic rings. The summed E-state index contributed by atoms with van der Waals surface area (Å²) in [6.45, 7) is 1.93. The molecule has 0 radical (unpaired) electrons. The Kier molecular flexibility index (Phi) is 6.17. The Balaban J connectivity index is 2.86. The van der Waals surface area contributed by atoms with Crippen molar-refractivity contribution < 1.29 is 19.2 Å². The second-order valence-electron chi connectivity index (χ2n) is 3.58. The third kappa shape index (κ3) is 4.34. The summed E-state index contributed by atoms with van der Waals surface area (Å²) in [5, 5.41) is 19.8. The minimum absolute atomic E-state index is 0.00107. The highest BCUT2D eigenvalue weighted by atomic mass is 127. The summed E-state index contributed by atoms with van der Waals surface area (Å²) in [5.74, 6) is -0.377. The van der Waals surface area contributed by atoms with E-state index in [4.69, 9.17) is 14.7 Å². The number of ether oxygens (including phenoxy) is 2. The first-order valence-corrected chi connectivity index (χ1v) is 6.74. The molecule has 8 heteroatoms. The molecular weight excluding hydrogens is 379 g/mol. The molecule has 0 amide bonds. The molecule has 0 fully saturated rings. The van der Waals surface area contributed by atoms with Crippen LogP contribution in [0.2, 0.25) is 0 Å². The van der Waals surface area contributed by atoms with Gasteiger partial charge in [0, 0.05) is 6.07 Å². The molecule has 7 nitrogen and oxygen atoms in total. The minimum atomic E-state index is -0.622. The highest BCUT2D eigenvalue weighted by Gasteiger charge is 2.20. The van der Waals surface area contributed by atoms with E-state index in [9.17, 15) is 14.9 Å². The van der Waals surface area contributed by atoms with Crippen LogP contribution in [0.25, 0.3) is 0 Å². The first-order chi connectivity index (χ1) is 9.49. The normalized spacial score (nSPS) is 9.65. The molecule has 1 rings (SSSR count). The maximum Gasteiger partial charge on any atom is 0.313 e. The second-order valence-corrected chi connectivity index (χ2v) is 4.74. The van der Waals surface area contributed by atoms with E-state index in [0.717, 1.165) is 6.07 Å². The third-order valence-corrected chi connectivity index (χ3v) is 3.01. The fraction of sp³-hybridized carbons (Fsp3) is 0.333. The number of carbonyl (C=O) groups is 1. The highest BCUT2D eigenvalue weighted by molar-refractivity contribution is 14.1. The molecule has 20 heavy (non-hydrogen) atoms. The van der Waals surface area contributed by atoms with Gasteiger partial charge < -0.3 is 9.47 Å². The van der Waals surface area contributed by atoms with Gasteiger partial charge in [0.2, 0.25) is 5.75 Å². The average Bonchev–Trinajstić information content (AvgIpc) is 2.40. The zero-order valence-corrected chi connectivity index (χ0v) is 12.7. The molecule has 0 bridgehead atoms.